The molecule has 6 heteroatoms. The molecule has 2 N–H and O–H groups in total. The molecule has 4 nitrogen and oxygen atoms in total. The average molecular weight is 392 g/mol. The van der Waals surface area contributed by atoms with Gasteiger partial charge in [0.25, 0.3) is 5.91 Å². The van der Waals surface area contributed by atoms with E-state index < -0.39 is 0 Å². The Morgan fingerprint density at radius 1 is 0.926 bits per heavy atom. The molecule has 1 aromatic heterocycles. The Kier molecular flexibility index (Phi) is 4.71. The van der Waals surface area contributed by atoms with Crippen LogP contribution in [-0.4, -0.2) is 16.0 Å². The van der Waals surface area contributed by atoms with Crippen molar-refractivity contribution < 1.29 is 4.79 Å². The number of benzene rings is 3. The van der Waals surface area contributed by atoms with Gasteiger partial charge in [0.05, 0.1) is 11.2 Å². The van der Waals surface area contributed by atoms with E-state index in [2.05, 4.69) is 15.6 Å². The van der Waals surface area contributed by atoms with E-state index in [0.717, 1.165) is 27.4 Å². The Balaban J connectivity index is 1.58. The van der Waals surface area contributed by atoms with Crippen LogP contribution >= 0.6 is 23.8 Å². The number of halogens is 1. The van der Waals surface area contributed by atoms with Crippen LogP contribution in [0.4, 0.5) is 5.69 Å². The number of nitrogens with zero attached hydrogens (tertiary/aromatic N) is 1. The maximum absolute atomic E-state index is 12.7. The van der Waals surface area contributed by atoms with Crippen LogP contribution in [0.25, 0.3) is 21.7 Å². The molecule has 27 heavy (non-hydrogen) atoms. The second-order valence-electron chi connectivity index (χ2n) is 5.93. The number of thiocarbonyl (C=S) groups is 1. The van der Waals surface area contributed by atoms with E-state index in [9.17, 15) is 4.79 Å². The van der Waals surface area contributed by atoms with Crippen LogP contribution in [0, 0.1) is 0 Å². The van der Waals surface area contributed by atoms with Crippen molar-refractivity contribution in [1.82, 2.24) is 10.3 Å². The number of hydrogen-bond donors (Lipinski definition) is 2. The molecule has 0 atom stereocenters. The third-order valence-electron chi connectivity index (χ3n) is 4.22. The maximum atomic E-state index is 12.7. The molecule has 0 aliphatic carbocycles. The van der Waals surface area contributed by atoms with Gasteiger partial charge in [-0.15, -0.1) is 0 Å². The first-order chi connectivity index (χ1) is 13.1. The Bertz CT molecular complexity index is 1190. The van der Waals surface area contributed by atoms with E-state index in [-0.39, 0.29) is 11.0 Å². The first kappa shape index (κ1) is 17.4. The molecule has 132 valence electrons. The van der Waals surface area contributed by atoms with Crippen LogP contribution in [0.15, 0.2) is 72.9 Å². The van der Waals surface area contributed by atoms with Gasteiger partial charge < -0.3 is 5.32 Å². The van der Waals surface area contributed by atoms with Crippen molar-refractivity contribution in [3.63, 3.8) is 0 Å². The van der Waals surface area contributed by atoms with Crippen molar-refractivity contribution in [2.45, 2.75) is 0 Å². The molecule has 0 bridgehead atoms. The third-order valence-corrected chi connectivity index (χ3v) is 4.76. The highest BCUT2D eigenvalue weighted by molar-refractivity contribution is 7.80. The first-order valence-electron chi connectivity index (χ1n) is 8.27. The number of para-hydroxylation sites is 1. The molecule has 0 saturated heterocycles. The van der Waals surface area contributed by atoms with Crippen molar-refractivity contribution >= 4 is 62.2 Å². The Morgan fingerprint density at radius 2 is 1.67 bits per heavy atom. The molecule has 0 saturated carbocycles. The molecule has 4 aromatic rings. The summed E-state index contributed by atoms with van der Waals surface area (Å²) in [5.41, 5.74) is 2.03. The standard InChI is InChI=1S/C21H14ClN3OS/c22-17-10-3-7-14-15(17)8-2-9-16(14)20(26)25-21(27)24-18-11-1-5-13-6-4-12-23-19(13)18/h1-12H,(H2,24,25,26,27). The monoisotopic (exact) mass is 391 g/mol. The lowest BCUT2D eigenvalue weighted by Gasteiger charge is -2.12. The van der Waals surface area contributed by atoms with E-state index in [4.69, 9.17) is 23.8 Å². The van der Waals surface area contributed by atoms with Gasteiger partial charge in [-0.05, 0) is 41.9 Å². The summed E-state index contributed by atoms with van der Waals surface area (Å²) in [6.07, 6.45) is 1.72. The highest BCUT2D eigenvalue weighted by Crippen LogP contribution is 2.26. The molecule has 0 radical (unpaired) electrons. The Labute approximate surface area is 166 Å². The number of aromatic nitrogens is 1. The molecule has 0 aliphatic rings. The van der Waals surface area contributed by atoms with Crippen molar-refractivity contribution in [3.05, 3.63) is 83.5 Å². The largest absolute Gasteiger partial charge is 0.331 e. The molecular weight excluding hydrogens is 378 g/mol. The molecule has 1 heterocycles. The molecule has 4 rings (SSSR count). The van der Waals surface area contributed by atoms with Crippen LogP contribution in [0.1, 0.15) is 10.4 Å². The minimum absolute atomic E-state index is 0.206. The number of pyridine rings is 1. The highest BCUT2D eigenvalue weighted by atomic mass is 35.5. The van der Waals surface area contributed by atoms with E-state index in [0.29, 0.717) is 10.6 Å². The Morgan fingerprint density at radius 3 is 2.56 bits per heavy atom. The first-order valence-corrected chi connectivity index (χ1v) is 9.05. The SMILES string of the molecule is O=C(NC(=S)Nc1cccc2cccnc12)c1cccc2c(Cl)cccc12. The number of carbonyl (C=O) groups excluding carboxylic acids is 1. The zero-order chi connectivity index (χ0) is 18.8. The van der Waals surface area contributed by atoms with Crippen molar-refractivity contribution in [3.8, 4) is 0 Å². The second-order valence-corrected chi connectivity index (χ2v) is 6.74. The summed E-state index contributed by atoms with van der Waals surface area (Å²) < 4.78 is 0. The van der Waals surface area contributed by atoms with Gasteiger partial charge in [0, 0.05) is 27.6 Å². The van der Waals surface area contributed by atoms with Gasteiger partial charge in [-0.2, -0.15) is 0 Å². The summed E-state index contributed by atoms with van der Waals surface area (Å²) in [5.74, 6) is -0.298. The van der Waals surface area contributed by atoms with Crippen LogP contribution in [0.5, 0.6) is 0 Å². The Hall–Kier alpha value is -3.02. The minimum atomic E-state index is -0.298. The fourth-order valence-corrected chi connectivity index (χ4v) is 3.44. The van der Waals surface area contributed by atoms with Gasteiger partial charge in [0.1, 0.15) is 0 Å². The smallest absolute Gasteiger partial charge is 0.258 e. The number of fused-ring (bicyclic) bond motifs is 2. The summed E-state index contributed by atoms with van der Waals surface area (Å²) in [6.45, 7) is 0. The van der Waals surface area contributed by atoms with Gasteiger partial charge in [-0.3, -0.25) is 15.1 Å². The van der Waals surface area contributed by atoms with E-state index >= 15 is 0 Å². The fourth-order valence-electron chi connectivity index (χ4n) is 3.00. The molecule has 0 spiro atoms. The van der Waals surface area contributed by atoms with Gasteiger partial charge in [0.15, 0.2) is 5.11 Å². The predicted molar refractivity (Wildman–Crippen MR) is 114 cm³/mol. The quantitative estimate of drug-likeness (QED) is 0.463. The molecular formula is C21H14ClN3OS. The van der Waals surface area contributed by atoms with E-state index in [1.54, 1.807) is 24.4 Å². The molecule has 0 aliphatic heterocycles. The van der Waals surface area contributed by atoms with Crippen molar-refractivity contribution in [2.24, 2.45) is 0 Å². The van der Waals surface area contributed by atoms with Crippen molar-refractivity contribution in [2.75, 3.05) is 5.32 Å². The zero-order valence-electron chi connectivity index (χ0n) is 14.1. The van der Waals surface area contributed by atoms with Gasteiger partial charge in [0.2, 0.25) is 0 Å². The topological polar surface area (TPSA) is 54.0 Å². The lowest BCUT2D eigenvalue weighted by molar-refractivity contribution is 0.0979. The fraction of sp³-hybridized carbons (Fsp3) is 0. The number of rotatable bonds is 2. The molecule has 0 unspecified atom stereocenters. The normalized spacial score (nSPS) is 10.7. The van der Waals surface area contributed by atoms with Crippen LogP contribution in [-0.2, 0) is 0 Å². The van der Waals surface area contributed by atoms with Crippen LogP contribution < -0.4 is 10.6 Å². The summed E-state index contributed by atoms with van der Waals surface area (Å²) >= 11 is 11.6. The number of hydrogen-bond acceptors (Lipinski definition) is 3. The van der Waals surface area contributed by atoms with Crippen LogP contribution in [0.2, 0.25) is 5.02 Å². The summed E-state index contributed by atoms with van der Waals surface area (Å²) in [7, 11) is 0. The summed E-state index contributed by atoms with van der Waals surface area (Å²) in [6, 6.07) is 20.5. The van der Waals surface area contributed by atoms with Crippen LogP contribution in [0.3, 0.4) is 0 Å². The predicted octanol–water partition coefficient (Wildman–Crippen LogP) is 5.17. The van der Waals surface area contributed by atoms with Crippen molar-refractivity contribution in [1.29, 1.82) is 0 Å². The maximum Gasteiger partial charge on any atom is 0.258 e. The molecule has 1 amide bonds. The zero-order valence-corrected chi connectivity index (χ0v) is 15.6. The molecule has 3 aromatic carbocycles. The number of anilines is 1. The minimum Gasteiger partial charge on any atom is -0.331 e. The average Bonchev–Trinajstić information content (AvgIpc) is 2.68. The van der Waals surface area contributed by atoms with Gasteiger partial charge >= 0.3 is 0 Å². The lowest BCUT2D eigenvalue weighted by Crippen LogP contribution is -2.34. The summed E-state index contributed by atoms with van der Waals surface area (Å²) in [5, 5.41) is 9.18. The van der Waals surface area contributed by atoms with E-state index in [1.807, 2.05) is 48.5 Å². The second kappa shape index (κ2) is 7.31. The summed E-state index contributed by atoms with van der Waals surface area (Å²) in [4.78, 5) is 17.1. The number of amides is 1. The van der Waals surface area contributed by atoms with Gasteiger partial charge in [-0.25, -0.2) is 0 Å². The van der Waals surface area contributed by atoms with Gasteiger partial charge in [-0.1, -0.05) is 54.1 Å². The lowest BCUT2D eigenvalue weighted by atomic mass is 10.0. The number of carbonyl (C=O) groups is 1. The highest BCUT2D eigenvalue weighted by Gasteiger charge is 2.13. The number of nitrogens with one attached hydrogen (secondary N) is 2. The molecule has 0 fully saturated rings. The third kappa shape index (κ3) is 3.47. The van der Waals surface area contributed by atoms with E-state index in [1.165, 1.54) is 0 Å².